The molecule has 1 radical (unpaired) electrons. The zero-order chi connectivity index (χ0) is 26.7. The summed E-state index contributed by atoms with van der Waals surface area (Å²) in [4.78, 5) is 0. The molecule has 0 bridgehead atoms. The summed E-state index contributed by atoms with van der Waals surface area (Å²) in [5, 5.41) is 11.7. The molecule has 203 valence electrons. The molecule has 5 aliphatic rings. The predicted octanol–water partition coefficient (Wildman–Crippen LogP) is 7.03. The Hall–Kier alpha value is 2.64. The van der Waals surface area contributed by atoms with Crippen molar-refractivity contribution in [2.24, 2.45) is 0 Å². The number of halogens is 1. The molecule has 17 heteroatoms. The van der Waals surface area contributed by atoms with E-state index in [0.29, 0.717) is 0 Å². The molecule has 0 spiro atoms. The highest BCUT2D eigenvalue weighted by molar-refractivity contribution is 8.43. The molecular formula is C20H20ClO4S12. The van der Waals surface area contributed by atoms with Gasteiger partial charge in [0.05, 0.1) is 16.9 Å². The van der Waals surface area contributed by atoms with Crippen LogP contribution in [0.25, 0.3) is 0 Å². The fourth-order valence-electron chi connectivity index (χ4n) is 2.67. The van der Waals surface area contributed by atoms with Crippen LogP contribution in [-0.4, -0.2) is 21.0 Å². The minimum atomic E-state index is -4.94. The van der Waals surface area contributed by atoms with Gasteiger partial charge in [-0.2, -0.15) is 0 Å². The Morgan fingerprint density at radius 1 is 0.622 bits per heavy atom. The monoisotopic (exact) mass is 743 g/mol. The molecule has 0 amide bonds. The van der Waals surface area contributed by atoms with Gasteiger partial charge in [-0.3, -0.25) is 0 Å². The minimum absolute atomic E-state index is 0.739. The van der Waals surface area contributed by atoms with Crippen LogP contribution in [0.3, 0.4) is 0 Å². The van der Waals surface area contributed by atoms with E-state index < -0.39 is 10.2 Å². The molecule has 1 aromatic rings. The Labute approximate surface area is 270 Å². The summed E-state index contributed by atoms with van der Waals surface area (Å²) in [6.07, 6.45) is 0. The first-order valence-electron chi connectivity index (χ1n) is 10.4. The molecule has 1 aromatic heterocycles. The highest BCUT2D eigenvalue weighted by Crippen LogP contribution is 2.65. The van der Waals surface area contributed by atoms with Gasteiger partial charge in [0.2, 0.25) is 8.42 Å². The third-order valence-electron chi connectivity index (χ3n) is 4.71. The Morgan fingerprint density at radius 3 is 1.62 bits per heavy atom. The van der Waals surface area contributed by atoms with Gasteiger partial charge < -0.3 is 0 Å². The van der Waals surface area contributed by atoms with Crippen LogP contribution < -0.4 is 18.6 Å². The van der Waals surface area contributed by atoms with E-state index in [4.69, 9.17) is 18.6 Å². The zero-order valence-electron chi connectivity index (χ0n) is 19.5. The molecule has 0 fully saturated rings. The zero-order valence-corrected chi connectivity index (χ0v) is 30.1. The normalized spacial score (nSPS) is 29.1. The maximum absolute atomic E-state index is 8.49. The van der Waals surface area contributed by atoms with Crippen molar-refractivity contribution in [1.82, 2.24) is 0 Å². The summed E-state index contributed by atoms with van der Waals surface area (Å²) in [6, 6.07) is 0. The quantitative estimate of drug-likeness (QED) is 0.276. The summed E-state index contributed by atoms with van der Waals surface area (Å²) in [5.74, 6) is 0. The highest BCUT2D eigenvalue weighted by Gasteiger charge is 2.38. The number of hydrogen-bond donors (Lipinski definition) is 0. The number of hydrogen-bond acceptors (Lipinski definition) is 15. The molecule has 0 saturated heterocycles. The average molecular weight is 745 g/mol. The van der Waals surface area contributed by atoms with Crippen LogP contribution in [0.5, 0.6) is 0 Å². The molecule has 0 aliphatic carbocycles. The van der Waals surface area contributed by atoms with E-state index in [2.05, 4.69) is 96.4 Å². The second-order valence-electron chi connectivity index (χ2n) is 7.39. The molecule has 4 atom stereocenters. The van der Waals surface area contributed by atoms with Crippen molar-refractivity contribution in [1.29, 1.82) is 0 Å². The van der Waals surface area contributed by atoms with E-state index in [-0.39, 0.29) is 0 Å². The summed E-state index contributed by atoms with van der Waals surface area (Å²) in [7, 11) is -4.94. The van der Waals surface area contributed by atoms with E-state index in [9.17, 15) is 0 Å². The smallest absolute Gasteiger partial charge is 0.222 e. The van der Waals surface area contributed by atoms with Crippen molar-refractivity contribution in [2.75, 3.05) is 0 Å². The average Bonchev–Trinajstić information content (AvgIpc) is 3.60. The summed E-state index contributed by atoms with van der Waals surface area (Å²) in [6.45, 7) is 9.35. The predicted molar refractivity (Wildman–Crippen MR) is 172 cm³/mol. The van der Waals surface area contributed by atoms with Crippen molar-refractivity contribution in [3.8, 4) is 0 Å². The number of thioether (sulfide) groups is 10. The minimum Gasteiger partial charge on any atom is -0.222 e. The lowest BCUT2D eigenvalue weighted by molar-refractivity contribution is -2.00. The van der Waals surface area contributed by atoms with Crippen LogP contribution in [0, 0.1) is 14.8 Å². The molecule has 4 unspecified atom stereocenters. The SMILES string of the molecule is CC1SC2=C(SC(=C3SC=CS3)S2)SC1C.CC1Sc2sc([C]3SC=CS3)[s+]c2SC1C.[O-][Cl+3]([O-])([O-])[O-]. The van der Waals surface area contributed by atoms with Crippen molar-refractivity contribution in [2.45, 2.75) is 57.1 Å². The lowest BCUT2D eigenvalue weighted by Crippen LogP contribution is -2.68. The number of fused-ring (bicyclic) bond motifs is 1. The lowest BCUT2D eigenvalue weighted by Gasteiger charge is -2.24. The Balaban J connectivity index is 0.000000147. The fraction of sp³-hybridized carbons (Fsp3) is 0.400. The van der Waals surface area contributed by atoms with Gasteiger partial charge in [0.1, 0.15) is 22.7 Å². The van der Waals surface area contributed by atoms with Crippen molar-refractivity contribution < 1.29 is 28.9 Å². The molecular weight excluding hydrogens is 724 g/mol. The van der Waals surface area contributed by atoms with E-state index in [1.165, 1.54) is 34.1 Å². The second kappa shape index (κ2) is 14.9. The summed E-state index contributed by atoms with van der Waals surface area (Å²) < 4.78 is 46.0. The van der Waals surface area contributed by atoms with Gasteiger partial charge >= 0.3 is 0 Å². The summed E-state index contributed by atoms with van der Waals surface area (Å²) >= 11 is 23.6. The molecule has 5 aliphatic heterocycles. The molecule has 6 heterocycles. The van der Waals surface area contributed by atoms with Gasteiger partial charge in [-0.1, -0.05) is 98.3 Å². The first-order valence-corrected chi connectivity index (χ1v) is 21.9. The molecule has 0 aromatic carbocycles. The third-order valence-corrected chi connectivity index (χ3v) is 22.4. The van der Waals surface area contributed by atoms with Gasteiger partial charge in [-0.15, -0.1) is 57.3 Å². The Bertz CT molecular complexity index is 1020. The van der Waals surface area contributed by atoms with E-state index in [1.807, 2.05) is 93.2 Å². The number of rotatable bonds is 1. The molecule has 6 rings (SSSR count). The first kappa shape index (κ1) is 32.6. The summed E-state index contributed by atoms with van der Waals surface area (Å²) in [5.41, 5.74) is 0. The maximum Gasteiger partial charge on any atom is 0.286 e. The van der Waals surface area contributed by atoms with Crippen LogP contribution in [0.4, 0.5) is 0 Å². The van der Waals surface area contributed by atoms with Crippen molar-refractivity contribution >= 4 is 140 Å². The fourth-order valence-corrected chi connectivity index (χ4v) is 19.9. The third kappa shape index (κ3) is 9.83. The molecule has 0 N–H and O–H groups in total. The topological polar surface area (TPSA) is 92.2 Å². The standard InChI is InChI=1S/2C10H10S6.ClHO4/c2*1-5-6(2)14-10-9(13-5)15-8(16-10)7-11-3-4-12-7;2-1(3,4)5/h2*3-6H,1-2H3;(H,2,3,4,5)/q;+1;/p-1. The lowest BCUT2D eigenvalue weighted by atomic mass is 10.4. The van der Waals surface area contributed by atoms with Gasteiger partial charge in [0, 0.05) is 21.0 Å². The van der Waals surface area contributed by atoms with Crippen LogP contribution in [0.2, 0.25) is 0 Å². The Morgan fingerprint density at radius 2 is 1.08 bits per heavy atom. The van der Waals surface area contributed by atoms with Gasteiger partial charge in [0.25, 0.3) is 4.19 Å². The molecule has 4 nitrogen and oxygen atoms in total. The van der Waals surface area contributed by atoms with Gasteiger partial charge in [-0.05, 0) is 21.6 Å². The molecule has 0 saturated carbocycles. The van der Waals surface area contributed by atoms with Crippen LogP contribution >= 0.6 is 140 Å². The second-order valence-corrected chi connectivity index (χ2v) is 23.5. The largest absolute Gasteiger partial charge is 0.286 e. The van der Waals surface area contributed by atoms with Crippen molar-refractivity contribution in [3.05, 3.63) is 47.4 Å². The van der Waals surface area contributed by atoms with Crippen LogP contribution in [0.15, 0.2) is 47.0 Å². The highest BCUT2D eigenvalue weighted by atomic mass is 35.7. The maximum atomic E-state index is 8.49. The first-order chi connectivity index (χ1) is 17.5. The van der Waals surface area contributed by atoms with Gasteiger partial charge in [-0.25, -0.2) is 18.6 Å². The van der Waals surface area contributed by atoms with Crippen LogP contribution in [-0.2, 0) is 0 Å². The van der Waals surface area contributed by atoms with E-state index >= 15 is 0 Å². The van der Waals surface area contributed by atoms with Crippen LogP contribution in [0.1, 0.15) is 31.9 Å². The molecule has 37 heavy (non-hydrogen) atoms. The van der Waals surface area contributed by atoms with E-state index in [0.717, 1.165) is 21.0 Å². The van der Waals surface area contributed by atoms with E-state index in [1.54, 1.807) is 0 Å². The van der Waals surface area contributed by atoms with Crippen molar-refractivity contribution in [3.63, 3.8) is 0 Å². The Kier molecular flexibility index (Phi) is 13.1. The van der Waals surface area contributed by atoms with Gasteiger partial charge in [0.15, 0.2) is 4.58 Å².